The van der Waals surface area contributed by atoms with Crippen molar-refractivity contribution in [3.05, 3.63) is 64.6 Å². The van der Waals surface area contributed by atoms with E-state index in [9.17, 15) is 4.79 Å². The molecule has 2 aromatic heterocycles. The van der Waals surface area contributed by atoms with Gasteiger partial charge < -0.3 is 19.4 Å². The van der Waals surface area contributed by atoms with Crippen molar-refractivity contribution in [1.82, 2.24) is 9.88 Å². The van der Waals surface area contributed by atoms with E-state index < -0.39 is 0 Å². The van der Waals surface area contributed by atoms with Crippen LogP contribution in [0.25, 0.3) is 5.69 Å². The highest BCUT2D eigenvalue weighted by molar-refractivity contribution is 7.12. The minimum atomic E-state index is -0.133. The first-order valence-electron chi connectivity index (χ1n) is 7.63. The molecule has 0 saturated carbocycles. The largest absolute Gasteiger partial charge is 0.454 e. The number of ether oxygens (including phenoxy) is 2. The number of nitrogens with zero attached hydrogens (tertiary/aromatic N) is 1. The van der Waals surface area contributed by atoms with E-state index in [1.807, 2.05) is 65.7 Å². The predicted octanol–water partition coefficient (Wildman–Crippen LogP) is 3.76. The Hall–Kier alpha value is -2.73. The number of rotatable bonds is 4. The summed E-state index contributed by atoms with van der Waals surface area (Å²) in [5.74, 6) is 1.38. The van der Waals surface area contributed by atoms with Crippen LogP contribution in [0.15, 0.2) is 54.2 Å². The van der Waals surface area contributed by atoms with E-state index in [0.29, 0.717) is 4.88 Å². The van der Waals surface area contributed by atoms with Gasteiger partial charge in [0.2, 0.25) is 6.79 Å². The molecule has 3 heterocycles. The minimum absolute atomic E-state index is 0.0844. The van der Waals surface area contributed by atoms with E-state index in [4.69, 9.17) is 9.47 Å². The van der Waals surface area contributed by atoms with E-state index in [0.717, 1.165) is 22.7 Å². The Kier molecular flexibility index (Phi) is 3.74. The van der Waals surface area contributed by atoms with E-state index in [-0.39, 0.29) is 18.7 Å². The van der Waals surface area contributed by atoms with Gasteiger partial charge in [0.15, 0.2) is 11.5 Å². The first kappa shape index (κ1) is 14.8. The molecule has 0 saturated heterocycles. The van der Waals surface area contributed by atoms with Crippen LogP contribution in [0.2, 0.25) is 0 Å². The number of thiophene rings is 1. The minimum Gasteiger partial charge on any atom is -0.454 e. The Bertz CT molecular complexity index is 870. The Labute approximate surface area is 143 Å². The zero-order valence-electron chi connectivity index (χ0n) is 13.1. The van der Waals surface area contributed by atoms with Gasteiger partial charge in [-0.2, -0.15) is 0 Å². The van der Waals surface area contributed by atoms with Crippen LogP contribution in [0.1, 0.15) is 28.2 Å². The van der Waals surface area contributed by atoms with Crippen LogP contribution >= 0.6 is 11.3 Å². The molecule has 1 atom stereocenters. The molecule has 0 spiro atoms. The number of amides is 1. The molecule has 1 aliphatic heterocycles. The molecule has 0 fully saturated rings. The zero-order valence-corrected chi connectivity index (χ0v) is 13.9. The second kappa shape index (κ2) is 6.05. The molecule has 3 aromatic rings. The van der Waals surface area contributed by atoms with Crippen molar-refractivity contribution in [2.45, 2.75) is 13.0 Å². The van der Waals surface area contributed by atoms with Crippen LogP contribution in [-0.4, -0.2) is 17.3 Å². The third kappa shape index (κ3) is 2.65. The molecule has 5 nitrogen and oxygen atoms in total. The number of carbonyl (C=O) groups excluding carboxylic acids is 1. The van der Waals surface area contributed by atoms with Crippen molar-refractivity contribution >= 4 is 17.2 Å². The van der Waals surface area contributed by atoms with Gasteiger partial charge in [0.1, 0.15) is 4.88 Å². The van der Waals surface area contributed by atoms with Crippen LogP contribution in [0.4, 0.5) is 0 Å². The lowest BCUT2D eigenvalue weighted by Crippen LogP contribution is -2.26. The number of nitrogens with one attached hydrogen (secondary N) is 1. The third-order valence-corrected chi connectivity index (χ3v) is 4.88. The number of carbonyl (C=O) groups is 1. The van der Waals surface area contributed by atoms with Crippen LogP contribution in [0, 0.1) is 0 Å². The van der Waals surface area contributed by atoms with Gasteiger partial charge in [0, 0.05) is 12.4 Å². The van der Waals surface area contributed by atoms with Gasteiger partial charge in [0.25, 0.3) is 5.91 Å². The molecule has 24 heavy (non-hydrogen) atoms. The molecule has 4 rings (SSSR count). The number of hydrogen-bond donors (Lipinski definition) is 1. The summed E-state index contributed by atoms with van der Waals surface area (Å²) in [6.07, 6.45) is 3.86. The molecule has 6 heteroatoms. The Morgan fingerprint density at radius 3 is 2.83 bits per heavy atom. The van der Waals surface area contributed by atoms with Crippen molar-refractivity contribution in [3.8, 4) is 17.2 Å². The summed E-state index contributed by atoms with van der Waals surface area (Å²) in [5.41, 5.74) is 1.87. The molecule has 1 N–H and O–H groups in total. The highest BCUT2D eigenvalue weighted by Crippen LogP contribution is 2.34. The summed E-state index contributed by atoms with van der Waals surface area (Å²) in [5, 5.41) is 4.98. The average Bonchev–Trinajstić information content (AvgIpc) is 3.32. The van der Waals surface area contributed by atoms with Crippen LogP contribution in [0.3, 0.4) is 0 Å². The summed E-state index contributed by atoms with van der Waals surface area (Å²) in [6, 6.07) is 11.4. The SMILES string of the molecule is CC(NC(=O)c1sccc1-n1cccc1)c1ccc2c(c1)OCO2. The van der Waals surface area contributed by atoms with Gasteiger partial charge in [-0.05, 0) is 48.2 Å². The second-order valence-corrected chi connectivity index (χ2v) is 6.45. The fourth-order valence-electron chi connectivity index (χ4n) is 2.70. The topological polar surface area (TPSA) is 52.5 Å². The Morgan fingerprint density at radius 2 is 2.00 bits per heavy atom. The first-order chi connectivity index (χ1) is 11.7. The van der Waals surface area contributed by atoms with Crippen molar-refractivity contribution in [1.29, 1.82) is 0 Å². The summed E-state index contributed by atoms with van der Waals surface area (Å²) in [7, 11) is 0. The van der Waals surface area contributed by atoms with Crippen LogP contribution in [0.5, 0.6) is 11.5 Å². The zero-order chi connectivity index (χ0) is 16.5. The standard InChI is InChI=1S/C18H16N2O3S/c1-12(13-4-5-15-16(10-13)23-11-22-15)19-18(21)17-14(6-9-24-17)20-7-2-3-8-20/h2-10,12H,11H2,1H3,(H,19,21). The molecule has 1 aliphatic rings. The van der Waals surface area contributed by atoms with Gasteiger partial charge in [0.05, 0.1) is 11.7 Å². The van der Waals surface area contributed by atoms with Crippen molar-refractivity contribution in [3.63, 3.8) is 0 Å². The van der Waals surface area contributed by atoms with Gasteiger partial charge >= 0.3 is 0 Å². The third-order valence-electron chi connectivity index (χ3n) is 3.98. The molecule has 0 bridgehead atoms. The number of aromatic nitrogens is 1. The number of hydrogen-bond acceptors (Lipinski definition) is 4. The predicted molar refractivity (Wildman–Crippen MR) is 92.1 cm³/mol. The molecule has 1 amide bonds. The van der Waals surface area contributed by atoms with Gasteiger partial charge in [-0.3, -0.25) is 4.79 Å². The first-order valence-corrected chi connectivity index (χ1v) is 8.51. The second-order valence-electron chi connectivity index (χ2n) is 5.53. The quantitative estimate of drug-likeness (QED) is 0.787. The van der Waals surface area contributed by atoms with Crippen LogP contribution < -0.4 is 14.8 Å². The van der Waals surface area contributed by atoms with Crippen LogP contribution in [-0.2, 0) is 0 Å². The molecule has 122 valence electrons. The monoisotopic (exact) mass is 340 g/mol. The Morgan fingerprint density at radius 1 is 1.21 bits per heavy atom. The smallest absolute Gasteiger partial charge is 0.263 e. The van der Waals surface area contributed by atoms with Gasteiger partial charge in [-0.15, -0.1) is 11.3 Å². The molecule has 0 radical (unpaired) electrons. The van der Waals surface area contributed by atoms with Crippen molar-refractivity contribution in [2.75, 3.05) is 6.79 Å². The summed E-state index contributed by atoms with van der Waals surface area (Å²) in [6.45, 7) is 2.20. The molecular formula is C18H16N2O3S. The van der Waals surface area contributed by atoms with Crippen molar-refractivity contribution < 1.29 is 14.3 Å². The highest BCUT2D eigenvalue weighted by atomic mass is 32.1. The van der Waals surface area contributed by atoms with E-state index in [1.54, 1.807) is 0 Å². The van der Waals surface area contributed by atoms with E-state index in [2.05, 4.69) is 5.32 Å². The maximum Gasteiger partial charge on any atom is 0.263 e. The molecule has 1 aromatic carbocycles. The normalized spacial score (nSPS) is 13.7. The average molecular weight is 340 g/mol. The highest BCUT2D eigenvalue weighted by Gasteiger charge is 2.19. The fraction of sp³-hybridized carbons (Fsp3) is 0.167. The Balaban J connectivity index is 1.53. The van der Waals surface area contributed by atoms with E-state index >= 15 is 0 Å². The molecule has 0 aliphatic carbocycles. The maximum absolute atomic E-state index is 12.7. The summed E-state index contributed by atoms with van der Waals surface area (Å²) < 4.78 is 12.7. The lowest BCUT2D eigenvalue weighted by atomic mass is 10.1. The lowest BCUT2D eigenvalue weighted by molar-refractivity contribution is 0.0944. The lowest BCUT2D eigenvalue weighted by Gasteiger charge is -2.15. The summed E-state index contributed by atoms with van der Waals surface area (Å²) in [4.78, 5) is 13.4. The number of fused-ring (bicyclic) bond motifs is 1. The molecule has 1 unspecified atom stereocenters. The van der Waals surface area contributed by atoms with Gasteiger partial charge in [-0.25, -0.2) is 0 Å². The fourth-order valence-corrected chi connectivity index (χ4v) is 3.49. The number of benzene rings is 1. The maximum atomic E-state index is 12.7. The van der Waals surface area contributed by atoms with Gasteiger partial charge in [-0.1, -0.05) is 6.07 Å². The summed E-state index contributed by atoms with van der Waals surface area (Å²) >= 11 is 1.44. The molecular weight excluding hydrogens is 324 g/mol. The van der Waals surface area contributed by atoms with E-state index in [1.165, 1.54) is 11.3 Å². The van der Waals surface area contributed by atoms with Crippen molar-refractivity contribution in [2.24, 2.45) is 0 Å².